The molecule has 22 heavy (non-hydrogen) atoms. The van der Waals surface area contributed by atoms with Crippen LogP contribution in [-0.4, -0.2) is 13.2 Å². The largest absolute Gasteiger partial charge is 0.493 e. The van der Waals surface area contributed by atoms with Gasteiger partial charge in [0.15, 0.2) is 0 Å². The van der Waals surface area contributed by atoms with Crippen molar-refractivity contribution in [3.05, 3.63) is 65.7 Å². The Morgan fingerprint density at radius 1 is 0.955 bits per heavy atom. The van der Waals surface area contributed by atoms with Crippen LogP contribution in [0.4, 0.5) is 0 Å². The van der Waals surface area contributed by atoms with Gasteiger partial charge in [-0.05, 0) is 48.6 Å². The molecule has 2 aromatic carbocycles. The lowest BCUT2D eigenvalue weighted by Crippen LogP contribution is -2.15. The van der Waals surface area contributed by atoms with Crippen LogP contribution in [0.2, 0.25) is 0 Å². The van der Waals surface area contributed by atoms with E-state index in [1.807, 2.05) is 6.07 Å². The van der Waals surface area contributed by atoms with Crippen LogP contribution in [0.5, 0.6) is 5.75 Å². The van der Waals surface area contributed by atoms with Gasteiger partial charge in [-0.2, -0.15) is 0 Å². The molecule has 118 valence electrons. The molecule has 1 N–H and O–H groups in total. The van der Waals surface area contributed by atoms with Crippen LogP contribution in [0.25, 0.3) is 0 Å². The van der Waals surface area contributed by atoms with Gasteiger partial charge in [0.05, 0.1) is 6.61 Å². The highest BCUT2D eigenvalue weighted by Crippen LogP contribution is 2.14. The molecule has 2 aromatic rings. The molecule has 0 aliphatic heterocycles. The van der Waals surface area contributed by atoms with Gasteiger partial charge in [0.2, 0.25) is 0 Å². The van der Waals surface area contributed by atoms with E-state index in [-0.39, 0.29) is 0 Å². The van der Waals surface area contributed by atoms with Gasteiger partial charge in [0.25, 0.3) is 0 Å². The zero-order chi connectivity index (χ0) is 15.6. The Bertz CT molecular complexity index is 536. The lowest BCUT2D eigenvalue weighted by Gasteiger charge is -2.10. The third kappa shape index (κ3) is 6.31. The van der Waals surface area contributed by atoms with E-state index in [1.54, 1.807) is 0 Å². The summed E-state index contributed by atoms with van der Waals surface area (Å²) in [4.78, 5) is 0. The first-order chi connectivity index (χ1) is 10.7. The van der Waals surface area contributed by atoms with Crippen LogP contribution >= 0.6 is 0 Å². The molecule has 0 unspecified atom stereocenters. The van der Waals surface area contributed by atoms with Crippen molar-refractivity contribution < 1.29 is 4.74 Å². The molecule has 0 heterocycles. The van der Waals surface area contributed by atoms with Gasteiger partial charge in [0, 0.05) is 6.54 Å². The Kier molecular flexibility index (Phi) is 6.98. The van der Waals surface area contributed by atoms with Crippen molar-refractivity contribution in [3.8, 4) is 5.75 Å². The summed E-state index contributed by atoms with van der Waals surface area (Å²) in [6.45, 7) is 7.03. The van der Waals surface area contributed by atoms with Crippen molar-refractivity contribution >= 4 is 0 Å². The summed E-state index contributed by atoms with van der Waals surface area (Å²) in [5.41, 5.74) is 2.69. The topological polar surface area (TPSA) is 21.3 Å². The lowest BCUT2D eigenvalue weighted by molar-refractivity contribution is 0.271. The third-order valence-corrected chi connectivity index (χ3v) is 3.47. The number of nitrogens with one attached hydrogen (secondary N) is 1. The van der Waals surface area contributed by atoms with Crippen molar-refractivity contribution in [3.63, 3.8) is 0 Å². The van der Waals surface area contributed by atoms with E-state index >= 15 is 0 Å². The van der Waals surface area contributed by atoms with E-state index in [9.17, 15) is 0 Å². The van der Waals surface area contributed by atoms with Gasteiger partial charge in [0.1, 0.15) is 5.75 Å². The molecule has 0 spiro atoms. The van der Waals surface area contributed by atoms with Crippen molar-refractivity contribution in [2.24, 2.45) is 5.92 Å². The average molecular weight is 297 g/mol. The highest BCUT2D eigenvalue weighted by atomic mass is 16.5. The number of hydrogen-bond acceptors (Lipinski definition) is 2. The van der Waals surface area contributed by atoms with Crippen molar-refractivity contribution in [1.29, 1.82) is 0 Å². The minimum absolute atomic E-state index is 0.555. The molecule has 0 atom stereocenters. The van der Waals surface area contributed by atoms with Crippen LogP contribution < -0.4 is 10.1 Å². The van der Waals surface area contributed by atoms with E-state index in [1.165, 1.54) is 11.1 Å². The summed E-state index contributed by atoms with van der Waals surface area (Å²) in [6, 6.07) is 19.0. The zero-order valence-corrected chi connectivity index (χ0v) is 13.7. The Morgan fingerprint density at radius 3 is 2.50 bits per heavy atom. The van der Waals surface area contributed by atoms with Gasteiger partial charge >= 0.3 is 0 Å². The van der Waals surface area contributed by atoms with Gasteiger partial charge in [-0.25, -0.2) is 0 Å². The summed E-state index contributed by atoms with van der Waals surface area (Å²) in [6.07, 6.45) is 2.29. The average Bonchev–Trinajstić information content (AvgIpc) is 2.54. The summed E-state index contributed by atoms with van der Waals surface area (Å²) in [7, 11) is 0. The monoisotopic (exact) mass is 297 g/mol. The number of ether oxygens (including phenoxy) is 1. The maximum Gasteiger partial charge on any atom is 0.119 e. The molecule has 2 nitrogen and oxygen atoms in total. The van der Waals surface area contributed by atoms with Crippen LogP contribution in [0.15, 0.2) is 54.6 Å². The maximum absolute atomic E-state index is 5.77. The molecule has 0 saturated heterocycles. The molecule has 0 bridgehead atoms. The Morgan fingerprint density at radius 2 is 1.73 bits per heavy atom. The Labute approximate surface area is 134 Å². The molecule has 0 fully saturated rings. The van der Waals surface area contributed by atoms with Crippen LogP contribution in [0.3, 0.4) is 0 Å². The summed E-state index contributed by atoms with van der Waals surface area (Å²) in [5, 5.41) is 3.51. The number of aryl methyl sites for hydroxylation is 1. The van der Waals surface area contributed by atoms with Crippen LogP contribution in [0, 0.1) is 5.92 Å². The second-order valence-electron chi connectivity index (χ2n) is 6.12. The first kappa shape index (κ1) is 16.6. The fourth-order valence-corrected chi connectivity index (χ4v) is 2.30. The SMILES string of the molecule is CC(C)COc1cccc(CNCCCc2ccccc2)c1. The van der Waals surface area contributed by atoms with E-state index in [4.69, 9.17) is 4.74 Å². The van der Waals surface area contributed by atoms with E-state index < -0.39 is 0 Å². The lowest BCUT2D eigenvalue weighted by atomic mass is 10.1. The number of hydrogen-bond donors (Lipinski definition) is 1. The van der Waals surface area contributed by atoms with Crippen molar-refractivity contribution in [1.82, 2.24) is 5.32 Å². The molecule has 0 aliphatic rings. The van der Waals surface area contributed by atoms with Crippen LogP contribution in [-0.2, 0) is 13.0 Å². The predicted molar refractivity (Wildman–Crippen MR) is 93.2 cm³/mol. The second-order valence-corrected chi connectivity index (χ2v) is 6.12. The molecule has 0 aromatic heterocycles. The van der Waals surface area contributed by atoms with Gasteiger partial charge in [-0.15, -0.1) is 0 Å². The number of rotatable bonds is 9. The minimum Gasteiger partial charge on any atom is -0.493 e. The normalized spacial score (nSPS) is 10.9. The first-order valence-corrected chi connectivity index (χ1v) is 8.20. The molecular formula is C20H27NO. The molecular weight excluding hydrogens is 270 g/mol. The molecule has 0 saturated carbocycles. The van der Waals surface area contributed by atoms with Crippen molar-refractivity contribution in [2.45, 2.75) is 33.2 Å². The first-order valence-electron chi connectivity index (χ1n) is 8.20. The molecule has 2 heteroatoms. The summed E-state index contributed by atoms with van der Waals surface area (Å²) >= 11 is 0. The molecule has 2 rings (SSSR count). The standard InChI is InChI=1S/C20H27NO/c1-17(2)16-22-20-12-6-10-19(14-20)15-21-13-7-11-18-8-4-3-5-9-18/h3-6,8-10,12,14,17,21H,7,11,13,15-16H2,1-2H3. The summed E-state index contributed by atoms with van der Waals surface area (Å²) in [5.74, 6) is 1.53. The van der Waals surface area contributed by atoms with Crippen LogP contribution in [0.1, 0.15) is 31.4 Å². The second kappa shape index (κ2) is 9.26. The zero-order valence-electron chi connectivity index (χ0n) is 13.7. The molecule has 0 radical (unpaired) electrons. The fourth-order valence-electron chi connectivity index (χ4n) is 2.30. The molecule has 0 aliphatic carbocycles. The number of benzene rings is 2. The Balaban J connectivity index is 1.67. The van der Waals surface area contributed by atoms with E-state index in [0.29, 0.717) is 5.92 Å². The highest BCUT2D eigenvalue weighted by molar-refractivity contribution is 5.28. The Hall–Kier alpha value is -1.80. The van der Waals surface area contributed by atoms with E-state index in [2.05, 4.69) is 67.7 Å². The fraction of sp³-hybridized carbons (Fsp3) is 0.400. The predicted octanol–water partition coefficient (Wildman–Crippen LogP) is 4.44. The summed E-state index contributed by atoms with van der Waals surface area (Å²) < 4.78 is 5.77. The minimum atomic E-state index is 0.555. The van der Waals surface area contributed by atoms with Gasteiger partial charge in [-0.1, -0.05) is 56.3 Å². The van der Waals surface area contributed by atoms with Gasteiger partial charge < -0.3 is 10.1 Å². The molecule has 0 amide bonds. The highest BCUT2D eigenvalue weighted by Gasteiger charge is 1.99. The quantitative estimate of drug-likeness (QED) is 0.691. The van der Waals surface area contributed by atoms with E-state index in [0.717, 1.165) is 38.3 Å². The van der Waals surface area contributed by atoms with Crippen molar-refractivity contribution in [2.75, 3.05) is 13.2 Å². The third-order valence-electron chi connectivity index (χ3n) is 3.47. The smallest absolute Gasteiger partial charge is 0.119 e. The maximum atomic E-state index is 5.77. The van der Waals surface area contributed by atoms with Gasteiger partial charge in [-0.3, -0.25) is 0 Å².